The lowest BCUT2D eigenvalue weighted by Crippen LogP contribution is -2.24. The Labute approximate surface area is 90.3 Å². The summed E-state index contributed by atoms with van der Waals surface area (Å²) in [5.41, 5.74) is 1.30. The summed E-state index contributed by atoms with van der Waals surface area (Å²) >= 11 is 0. The zero-order valence-corrected chi connectivity index (χ0v) is 8.82. The van der Waals surface area contributed by atoms with Gasteiger partial charge in [-0.1, -0.05) is 30.3 Å². The highest BCUT2D eigenvalue weighted by Crippen LogP contribution is 2.20. The third-order valence-electron chi connectivity index (χ3n) is 2.90. The van der Waals surface area contributed by atoms with E-state index in [1.54, 1.807) is 0 Å². The Morgan fingerprint density at radius 3 is 2.80 bits per heavy atom. The van der Waals surface area contributed by atoms with Crippen molar-refractivity contribution in [2.75, 3.05) is 6.61 Å². The Morgan fingerprint density at radius 1 is 1.27 bits per heavy atom. The van der Waals surface area contributed by atoms with Gasteiger partial charge in [-0.15, -0.1) is 0 Å². The molecule has 1 aliphatic heterocycles. The summed E-state index contributed by atoms with van der Waals surface area (Å²) in [6.07, 6.45) is 3.90. The molecule has 0 N–H and O–H groups in total. The molecular formula is C13H16O2. The first-order chi connectivity index (χ1) is 7.36. The summed E-state index contributed by atoms with van der Waals surface area (Å²) in [4.78, 5) is 11.4. The lowest BCUT2D eigenvalue weighted by molar-refractivity contribution is -0.153. The third kappa shape index (κ3) is 2.82. The Balaban J connectivity index is 1.85. The van der Waals surface area contributed by atoms with Crippen LogP contribution in [0.5, 0.6) is 0 Å². The average molecular weight is 204 g/mol. The minimum Gasteiger partial charge on any atom is -0.465 e. The number of ether oxygens (including phenoxy) is 1. The van der Waals surface area contributed by atoms with Crippen LogP contribution in [-0.2, 0) is 16.0 Å². The molecule has 2 heteroatoms. The third-order valence-corrected chi connectivity index (χ3v) is 2.90. The van der Waals surface area contributed by atoms with Gasteiger partial charge in [-0.2, -0.15) is 0 Å². The number of carbonyl (C=O) groups excluding carboxylic acids is 1. The number of carbonyl (C=O) groups is 1. The molecule has 1 fully saturated rings. The topological polar surface area (TPSA) is 26.3 Å². The van der Waals surface area contributed by atoms with Gasteiger partial charge in [0.25, 0.3) is 0 Å². The minimum atomic E-state index is -0.00261. The summed E-state index contributed by atoms with van der Waals surface area (Å²) in [5, 5.41) is 0. The van der Waals surface area contributed by atoms with Gasteiger partial charge in [-0.05, 0) is 31.2 Å². The zero-order chi connectivity index (χ0) is 10.5. The number of aryl methyl sites for hydroxylation is 1. The van der Waals surface area contributed by atoms with E-state index in [2.05, 4.69) is 12.1 Å². The zero-order valence-electron chi connectivity index (χ0n) is 8.82. The Kier molecular flexibility index (Phi) is 3.38. The highest BCUT2D eigenvalue weighted by molar-refractivity contribution is 5.72. The van der Waals surface area contributed by atoms with Gasteiger partial charge < -0.3 is 4.74 Å². The molecule has 0 saturated carbocycles. The molecule has 1 unspecified atom stereocenters. The number of hydrogen-bond donors (Lipinski definition) is 0. The van der Waals surface area contributed by atoms with E-state index < -0.39 is 0 Å². The van der Waals surface area contributed by atoms with Gasteiger partial charge in [-0.25, -0.2) is 0 Å². The fourth-order valence-electron chi connectivity index (χ4n) is 1.99. The van der Waals surface area contributed by atoms with Crippen molar-refractivity contribution in [2.45, 2.75) is 25.7 Å². The van der Waals surface area contributed by atoms with Gasteiger partial charge in [0, 0.05) is 0 Å². The van der Waals surface area contributed by atoms with E-state index in [1.165, 1.54) is 5.56 Å². The Bertz CT molecular complexity index is 319. The summed E-state index contributed by atoms with van der Waals surface area (Å²) < 4.78 is 5.04. The summed E-state index contributed by atoms with van der Waals surface area (Å²) in [6.45, 7) is 0.612. The minimum absolute atomic E-state index is 0.00261. The number of rotatable bonds is 3. The van der Waals surface area contributed by atoms with Crippen LogP contribution in [0.15, 0.2) is 30.3 Å². The predicted octanol–water partition coefficient (Wildman–Crippen LogP) is 2.57. The van der Waals surface area contributed by atoms with Gasteiger partial charge in [0.1, 0.15) is 0 Å². The van der Waals surface area contributed by atoms with Crippen molar-refractivity contribution in [3.8, 4) is 0 Å². The normalized spacial score (nSPS) is 21.1. The quantitative estimate of drug-likeness (QED) is 0.707. The van der Waals surface area contributed by atoms with Crippen LogP contribution in [0.25, 0.3) is 0 Å². The molecule has 1 saturated heterocycles. The highest BCUT2D eigenvalue weighted by atomic mass is 16.5. The summed E-state index contributed by atoms with van der Waals surface area (Å²) in [5.74, 6) is 0.121. The average Bonchev–Trinajstić information content (AvgIpc) is 2.29. The standard InChI is InChI=1S/C13H16O2/c14-13-12(7-4-10-15-13)9-8-11-5-2-1-3-6-11/h1-3,5-6,12H,4,7-10H2. The Hall–Kier alpha value is -1.31. The van der Waals surface area contributed by atoms with Crippen LogP contribution in [0, 0.1) is 5.92 Å². The summed E-state index contributed by atoms with van der Waals surface area (Å²) in [7, 11) is 0. The molecule has 1 aromatic carbocycles. The van der Waals surface area contributed by atoms with Crippen molar-refractivity contribution in [1.29, 1.82) is 0 Å². The van der Waals surface area contributed by atoms with Crippen molar-refractivity contribution in [1.82, 2.24) is 0 Å². The molecule has 1 aliphatic rings. The van der Waals surface area contributed by atoms with Crippen LogP contribution in [0.4, 0.5) is 0 Å². The molecule has 0 aliphatic carbocycles. The Morgan fingerprint density at radius 2 is 2.07 bits per heavy atom. The van der Waals surface area contributed by atoms with E-state index >= 15 is 0 Å². The van der Waals surface area contributed by atoms with E-state index in [1.807, 2.05) is 18.2 Å². The van der Waals surface area contributed by atoms with Crippen molar-refractivity contribution in [3.05, 3.63) is 35.9 Å². The first-order valence-corrected chi connectivity index (χ1v) is 5.57. The van der Waals surface area contributed by atoms with E-state index in [4.69, 9.17) is 4.74 Å². The van der Waals surface area contributed by atoms with Crippen LogP contribution in [0.3, 0.4) is 0 Å². The molecule has 15 heavy (non-hydrogen) atoms. The molecule has 0 aromatic heterocycles. The first kappa shape index (κ1) is 10.2. The largest absolute Gasteiger partial charge is 0.465 e. The molecule has 0 amide bonds. The molecule has 1 aromatic rings. The monoisotopic (exact) mass is 204 g/mol. The molecule has 2 rings (SSSR count). The molecule has 2 nitrogen and oxygen atoms in total. The summed E-state index contributed by atoms with van der Waals surface area (Å²) in [6, 6.07) is 10.3. The molecule has 0 radical (unpaired) electrons. The maximum absolute atomic E-state index is 11.4. The van der Waals surface area contributed by atoms with Crippen LogP contribution in [0.2, 0.25) is 0 Å². The first-order valence-electron chi connectivity index (χ1n) is 5.57. The van der Waals surface area contributed by atoms with E-state index in [0.717, 1.165) is 25.7 Å². The van der Waals surface area contributed by atoms with Gasteiger partial charge >= 0.3 is 5.97 Å². The van der Waals surface area contributed by atoms with Crippen LogP contribution >= 0.6 is 0 Å². The SMILES string of the molecule is O=C1OCCCC1CCc1ccccc1. The maximum atomic E-state index is 11.4. The smallest absolute Gasteiger partial charge is 0.308 e. The van der Waals surface area contributed by atoms with Gasteiger partial charge in [0.05, 0.1) is 12.5 Å². The maximum Gasteiger partial charge on any atom is 0.308 e. The second kappa shape index (κ2) is 4.96. The number of cyclic esters (lactones) is 1. The lowest BCUT2D eigenvalue weighted by Gasteiger charge is -2.20. The van der Waals surface area contributed by atoms with Gasteiger partial charge in [-0.3, -0.25) is 4.79 Å². The highest BCUT2D eigenvalue weighted by Gasteiger charge is 2.23. The van der Waals surface area contributed by atoms with Gasteiger partial charge in [0.15, 0.2) is 0 Å². The van der Waals surface area contributed by atoms with Crippen molar-refractivity contribution >= 4 is 5.97 Å². The van der Waals surface area contributed by atoms with Crippen molar-refractivity contribution in [3.63, 3.8) is 0 Å². The van der Waals surface area contributed by atoms with Gasteiger partial charge in [0.2, 0.25) is 0 Å². The van der Waals surface area contributed by atoms with Crippen molar-refractivity contribution in [2.24, 2.45) is 5.92 Å². The van der Waals surface area contributed by atoms with E-state index in [9.17, 15) is 4.79 Å². The predicted molar refractivity (Wildman–Crippen MR) is 58.4 cm³/mol. The molecular weight excluding hydrogens is 188 g/mol. The lowest BCUT2D eigenvalue weighted by atomic mass is 9.94. The van der Waals surface area contributed by atoms with E-state index in [-0.39, 0.29) is 11.9 Å². The fraction of sp³-hybridized carbons (Fsp3) is 0.462. The van der Waals surface area contributed by atoms with E-state index in [0.29, 0.717) is 6.61 Å². The van der Waals surface area contributed by atoms with Crippen LogP contribution in [0.1, 0.15) is 24.8 Å². The van der Waals surface area contributed by atoms with Crippen LogP contribution < -0.4 is 0 Å². The molecule has 1 atom stereocenters. The van der Waals surface area contributed by atoms with Crippen LogP contribution in [-0.4, -0.2) is 12.6 Å². The number of hydrogen-bond acceptors (Lipinski definition) is 2. The second-order valence-electron chi connectivity index (χ2n) is 4.03. The molecule has 1 heterocycles. The number of esters is 1. The molecule has 0 bridgehead atoms. The molecule has 80 valence electrons. The van der Waals surface area contributed by atoms with Crippen molar-refractivity contribution < 1.29 is 9.53 Å². The molecule has 0 spiro atoms. The number of benzene rings is 1. The fourth-order valence-corrected chi connectivity index (χ4v) is 1.99. The second-order valence-corrected chi connectivity index (χ2v) is 4.03.